The zero-order valence-corrected chi connectivity index (χ0v) is 10.8. The van der Waals surface area contributed by atoms with Crippen LogP contribution in [0.2, 0.25) is 0 Å². The molecule has 0 aliphatic carbocycles. The van der Waals surface area contributed by atoms with Crippen LogP contribution < -0.4 is 5.32 Å². The van der Waals surface area contributed by atoms with E-state index >= 15 is 0 Å². The molecule has 0 aromatic carbocycles. The molecule has 5 nitrogen and oxygen atoms in total. The van der Waals surface area contributed by atoms with Gasteiger partial charge in [-0.3, -0.25) is 4.79 Å². The van der Waals surface area contributed by atoms with Gasteiger partial charge in [0.2, 0.25) is 5.91 Å². The van der Waals surface area contributed by atoms with E-state index in [0.29, 0.717) is 19.4 Å². The number of carboxylic acid groups (broad SMARTS) is 1. The van der Waals surface area contributed by atoms with Crippen molar-refractivity contribution in [1.82, 2.24) is 10.2 Å². The third-order valence-electron chi connectivity index (χ3n) is 3.43. The van der Waals surface area contributed by atoms with E-state index in [9.17, 15) is 14.7 Å². The van der Waals surface area contributed by atoms with Gasteiger partial charge in [-0.25, -0.2) is 4.79 Å². The normalized spacial score (nSPS) is 24.4. The van der Waals surface area contributed by atoms with Crippen molar-refractivity contribution in [3.05, 3.63) is 0 Å². The Hall–Kier alpha value is -1.10. The summed E-state index contributed by atoms with van der Waals surface area (Å²) in [6.07, 6.45) is 1.80. The average Bonchev–Trinajstić information content (AvgIpc) is 2.70. The summed E-state index contributed by atoms with van der Waals surface area (Å²) in [6.45, 7) is 6.52. The third-order valence-corrected chi connectivity index (χ3v) is 3.43. The standard InChI is InChI=1S/C12H22N2O3/c1-4-12(11(16)17)6-5-7-14(12)10(15)8-13-9(2)3/h9,13H,4-8H2,1-3H3,(H,16,17). The Morgan fingerprint density at radius 1 is 1.47 bits per heavy atom. The molecule has 0 radical (unpaired) electrons. The van der Waals surface area contributed by atoms with E-state index in [1.54, 1.807) is 0 Å². The van der Waals surface area contributed by atoms with E-state index in [0.717, 1.165) is 6.42 Å². The first-order chi connectivity index (χ1) is 7.94. The maximum Gasteiger partial charge on any atom is 0.329 e. The highest BCUT2D eigenvalue weighted by Crippen LogP contribution is 2.32. The topological polar surface area (TPSA) is 69.6 Å². The van der Waals surface area contributed by atoms with E-state index in [2.05, 4.69) is 5.32 Å². The molecule has 1 rings (SSSR count). The summed E-state index contributed by atoms with van der Waals surface area (Å²) >= 11 is 0. The van der Waals surface area contributed by atoms with Gasteiger partial charge in [0.15, 0.2) is 0 Å². The molecule has 2 N–H and O–H groups in total. The molecule has 0 saturated carbocycles. The lowest BCUT2D eigenvalue weighted by Gasteiger charge is -2.34. The van der Waals surface area contributed by atoms with E-state index in [4.69, 9.17) is 0 Å². The Bertz CT molecular complexity index is 304. The van der Waals surface area contributed by atoms with Gasteiger partial charge in [-0.1, -0.05) is 20.8 Å². The molecule has 1 aliphatic rings. The molecule has 1 fully saturated rings. The fourth-order valence-corrected chi connectivity index (χ4v) is 2.37. The van der Waals surface area contributed by atoms with Crippen LogP contribution in [0, 0.1) is 0 Å². The SMILES string of the molecule is CCC1(C(=O)O)CCCN1C(=O)CNC(C)C. The van der Waals surface area contributed by atoms with Crippen molar-refractivity contribution >= 4 is 11.9 Å². The number of nitrogens with zero attached hydrogens (tertiary/aromatic N) is 1. The molecule has 1 aliphatic heterocycles. The summed E-state index contributed by atoms with van der Waals surface area (Å²) in [5.74, 6) is -0.990. The summed E-state index contributed by atoms with van der Waals surface area (Å²) in [5, 5.41) is 12.4. The van der Waals surface area contributed by atoms with Crippen molar-refractivity contribution in [3.63, 3.8) is 0 Å². The van der Waals surface area contributed by atoms with Crippen molar-refractivity contribution < 1.29 is 14.7 Å². The van der Waals surface area contributed by atoms with Crippen molar-refractivity contribution in [2.24, 2.45) is 0 Å². The zero-order valence-electron chi connectivity index (χ0n) is 10.8. The first-order valence-electron chi connectivity index (χ1n) is 6.21. The monoisotopic (exact) mass is 242 g/mol. The molecule has 1 amide bonds. The smallest absolute Gasteiger partial charge is 0.329 e. The van der Waals surface area contributed by atoms with E-state index in [1.165, 1.54) is 4.90 Å². The van der Waals surface area contributed by atoms with Crippen molar-refractivity contribution in [1.29, 1.82) is 0 Å². The van der Waals surface area contributed by atoms with Crippen LogP contribution in [-0.2, 0) is 9.59 Å². The molecule has 1 atom stereocenters. The fourth-order valence-electron chi connectivity index (χ4n) is 2.37. The van der Waals surface area contributed by atoms with Crippen LogP contribution in [0.3, 0.4) is 0 Å². The number of carbonyl (C=O) groups is 2. The molecular formula is C12H22N2O3. The largest absolute Gasteiger partial charge is 0.479 e. The predicted molar refractivity (Wildman–Crippen MR) is 64.7 cm³/mol. The number of amides is 1. The van der Waals surface area contributed by atoms with Gasteiger partial charge in [-0.05, 0) is 19.3 Å². The maximum absolute atomic E-state index is 12.0. The zero-order chi connectivity index (χ0) is 13.1. The lowest BCUT2D eigenvalue weighted by molar-refractivity contribution is -0.156. The van der Waals surface area contributed by atoms with Crippen LogP contribution in [0.25, 0.3) is 0 Å². The predicted octanol–water partition coefficient (Wildman–Crippen LogP) is 0.840. The summed E-state index contributed by atoms with van der Waals surface area (Å²) in [7, 11) is 0. The number of carboxylic acids is 1. The quantitative estimate of drug-likeness (QED) is 0.749. The maximum atomic E-state index is 12.0. The first kappa shape index (κ1) is 14.0. The van der Waals surface area contributed by atoms with Crippen molar-refractivity contribution in [2.45, 2.75) is 51.6 Å². The highest BCUT2D eigenvalue weighted by molar-refractivity contribution is 5.88. The lowest BCUT2D eigenvalue weighted by Crippen LogP contribution is -2.55. The van der Waals surface area contributed by atoms with Crippen LogP contribution in [0.15, 0.2) is 0 Å². The number of aliphatic carboxylic acids is 1. The molecule has 1 saturated heterocycles. The average molecular weight is 242 g/mol. The minimum atomic E-state index is -0.976. The number of hydrogen-bond donors (Lipinski definition) is 2. The van der Waals surface area contributed by atoms with Crippen LogP contribution in [0.4, 0.5) is 0 Å². The van der Waals surface area contributed by atoms with Crippen LogP contribution >= 0.6 is 0 Å². The second-order valence-corrected chi connectivity index (χ2v) is 4.87. The number of rotatable bonds is 5. The Labute approximate surface area is 102 Å². The van der Waals surface area contributed by atoms with Gasteiger partial charge in [-0.15, -0.1) is 0 Å². The Kier molecular flexibility index (Phi) is 4.51. The van der Waals surface area contributed by atoms with Crippen LogP contribution in [0.5, 0.6) is 0 Å². The van der Waals surface area contributed by atoms with Gasteiger partial charge in [0.05, 0.1) is 6.54 Å². The van der Waals surface area contributed by atoms with E-state index in [1.807, 2.05) is 20.8 Å². The Morgan fingerprint density at radius 2 is 2.12 bits per heavy atom. The summed E-state index contributed by atoms with van der Waals surface area (Å²) in [6, 6.07) is 0.224. The summed E-state index contributed by atoms with van der Waals surface area (Å²) < 4.78 is 0. The van der Waals surface area contributed by atoms with E-state index in [-0.39, 0.29) is 18.5 Å². The first-order valence-corrected chi connectivity index (χ1v) is 6.21. The van der Waals surface area contributed by atoms with Crippen LogP contribution in [0.1, 0.15) is 40.0 Å². The van der Waals surface area contributed by atoms with Gasteiger partial charge in [-0.2, -0.15) is 0 Å². The lowest BCUT2D eigenvalue weighted by atomic mass is 9.93. The highest BCUT2D eigenvalue weighted by Gasteiger charge is 2.48. The van der Waals surface area contributed by atoms with Gasteiger partial charge < -0.3 is 15.3 Å². The summed E-state index contributed by atoms with van der Waals surface area (Å²) in [4.78, 5) is 25.0. The number of hydrogen-bond acceptors (Lipinski definition) is 3. The van der Waals surface area contributed by atoms with Gasteiger partial charge in [0.25, 0.3) is 0 Å². The molecule has 5 heteroatoms. The molecular weight excluding hydrogens is 220 g/mol. The number of likely N-dealkylation sites (tertiary alicyclic amines) is 1. The summed E-state index contributed by atoms with van der Waals surface area (Å²) in [5.41, 5.74) is -0.976. The second-order valence-electron chi connectivity index (χ2n) is 4.87. The third kappa shape index (κ3) is 2.77. The molecule has 0 bridgehead atoms. The second kappa shape index (κ2) is 5.49. The molecule has 1 heterocycles. The van der Waals surface area contributed by atoms with Crippen LogP contribution in [-0.4, -0.2) is 46.6 Å². The highest BCUT2D eigenvalue weighted by atomic mass is 16.4. The van der Waals surface area contributed by atoms with Crippen molar-refractivity contribution in [2.75, 3.05) is 13.1 Å². The Balaban J connectivity index is 2.74. The van der Waals surface area contributed by atoms with Crippen molar-refractivity contribution in [3.8, 4) is 0 Å². The number of carbonyl (C=O) groups excluding carboxylic acids is 1. The Morgan fingerprint density at radius 3 is 2.59 bits per heavy atom. The molecule has 0 aromatic rings. The minimum absolute atomic E-state index is 0.111. The molecule has 98 valence electrons. The van der Waals surface area contributed by atoms with E-state index < -0.39 is 11.5 Å². The fraction of sp³-hybridized carbons (Fsp3) is 0.833. The molecule has 0 aromatic heterocycles. The molecule has 17 heavy (non-hydrogen) atoms. The van der Waals surface area contributed by atoms with Gasteiger partial charge in [0, 0.05) is 12.6 Å². The number of nitrogens with one attached hydrogen (secondary N) is 1. The van der Waals surface area contributed by atoms with Gasteiger partial charge in [0.1, 0.15) is 5.54 Å². The molecule has 0 spiro atoms. The van der Waals surface area contributed by atoms with Gasteiger partial charge >= 0.3 is 5.97 Å². The minimum Gasteiger partial charge on any atom is -0.479 e. The molecule has 1 unspecified atom stereocenters.